The highest BCUT2D eigenvalue weighted by molar-refractivity contribution is 5.60. The number of nitrogens with zero attached hydrogens (tertiary/aromatic N) is 2. The Bertz CT molecular complexity index is 697. The number of aromatic amines is 1. The zero-order valence-electron chi connectivity index (χ0n) is 12.1. The summed E-state index contributed by atoms with van der Waals surface area (Å²) < 4.78 is 5.62. The van der Waals surface area contributed by atoms with Crippen LogP contribution in [-0.2, 0) is 6.42 Å². The monoisotopic (exact) mass is 283 g/mol. The summed E-state index contributed by atoms with van der Waals surface area (Å²) in [5.74, 6) is 1.27. The van der Waals surface area contributed by atoms with E-state index in [1.165, 1.54) is 0 Å². The maximum atomic E-state index is 11.5. The molecule has 21 heavy (non-hydrogen) atoms. The van der Waals surface area contributed by atoms with Gasteiger partial charge in [-0.3, -0.25) is 4.79 Å². The number of benzene rings is 1. The van der Waals surface area contributed by atoms with E-state index in [0.29, 0.717) is 23.8 Å². The molecule has 0 aliphatic heterocycles. The van der Waals surface area contributed by atoms with Crippen LogP contribution in [0.25, 0.3) is 11.3 Å². The van der Waals surface area contributed by atoms with Crippen molar-refractivity contribution in [3.63, 3.8) is 0 Å². The summed E-state index contributed by atoms with van der Waals surface area (Å²) in [6, 6.07) is 11.1. The Balaban J connectivity index is 2.21. The molecule has 5 nitrogen and oxygen atoms in total. The number of hydrogen-bond acceptors (Lipinski definition) is 4. The van der Waals surface area contributed by atoms with Crippen LogP contribution in [0.2, 0.25) is 0 Å². The van der Waals surface area contributed by atoms with Crippen LogP contribution in [0, 0.1) is 17.2 Å². The van der Waals surface area contributed by atoms with E-state index >= 15 is 0 Å². The highest BCUT2D eigenvalue weighted by atomic mass is 16.5. The number of hydrogen-bond donors (Lipinski definition) is 1. The topological polar surface area (TPSA) is 78.8 Å². The molecule has 0 fully saturated rings. The summed E-state index contributed by atoms with van der Waals surface area (Å²) in [6.07, 6.45) is 0.0699. The lowest BCUT2D eigenvalue weighted by atomic mass is 10.1. The van der Waals surface area contributed by atoms with Crippen molar-refractivity contribution in [2.45, 2.75) is 20.3 Å². The third kappa shape index (κ3) is 3.93. The fourth-order valence-corrected chi connectivity index (χ4v) is 1.79. The van der Waals surface area contributed by atoms with Gasteiger partial charge in [0.05, 0.1) is 24.8 Å². The second-order valence-corrected chi connectivity index (χ2v) is 5.17. The molecule has 0 saturated heterocycles. The third-order valence-electron chi connectivity index (χ3n) is 2.88. The van der Waals surface area contributed by atoms with Crippen LogP contribution in [0.3, 0.4) is 0 Å². The van der Waals surface area contributed by atoms with E-state index in [1.807, 2.05) is 30.3 Å². The Morgan fingerprint density at radius 1 is 1.33 bits per heavy atom. The van der Waals surface area contributed by atoms with Gasteiger partial charge < -0.3 is 4.74 Å². The summed E-state index contributed by atoms with van der Waals surface area (Å²) in [4.78, 5) is 11.5. The molecule has 0 bridgehead atoms. The molecule has 1 heterocycles. The largest absolute Gasteiger partial charge is 0.493 e. The fourth-order valence-electron chi connectivity index (χ4n) is 1.79. The molecule has 0 amide bonds. The van der Waals surface area contributed by atoms with Crippen LogP contribution >= 0.6 is 0 Å². The lowest BCUT2D eigenvalue weighted by Crippen LogP contribution is -2.14. The number of ether oxygens (including phenoxy) is 1. The first kappa shape index (κ1) is 14.8. The first-order valence-electron chi connectivity index (χ1n) is 6.79. The Morgan fingerprint density at radius 3 is 2.67 bits per heavy atom. The van der Waals surface area contributed by atoms with Gasteiger partial charge >= 0.3 is 0 Å². The second-order valence-electron chi connectivity index (χ2n) is 5.17. The van der Waals surface area contributed by atoms with Crippen LogP contribution < -0.4 is 10.3 Å². The predicted octanol–water partition coefficient (Wildman–Crippen LogP) is 2.54. The van der Waals surface area contributed by atoms with Gasteiger partial charge in [0.15, 0.2) is 0 Å². The molecule has 2 aromatic rings. The molecular formula is C16H17N3O2. The molecule has 0 aliphatic rings. The van der Waals surface area contributed by atoms with Crippen LogP contribution in [-0.4, -0.2) is 16.8 Å². The van der Waals surface area contributed by atoms with Crippen LogP contribution in [0.4, 0.5) is 0 Å². The summed E-state index contributed by atoms with van der Waals surface area (Å²) in [6.45, 7) is 4.85. The smallest absolute Gasteiger partial charge is 0.268 e. The molecule has 0 spiro atoms. The molecule has 0 atom stereocenters. The number of aromatic nitrogens is 2. The SMILES string of the molecule is CC(C)COc1ccc(-c2cc(CC#N)c(=O)[nH]n2)cc1. The van der Waals surface area contributed by atoms with Gasteiger partial charge in [0.2, 0.25) is 0 Å². The van der Waals surface area contributed by atoms with Crippen molar-refractivity contribution in [3.8, 4) is 23.1 Å². The Kier molecular flexibility index (Phi) is 4.72. The quantitative estimate of drug-likeness (QED) is 0.914. The number of nitrogens with one attached hydrogen (secondary N) is 1. The van der Waals surface area contributed by atoms with Gasteiger partial charge in [-0.2, -0.15) is 10.4 Å². The minimum absolute atomic E-state index is 0.0699. The standard InChI is InChI=1S/C16H17N3O2/c1-11(2)10-21-14-5-3-12(4-6-14)15-9-13(7-8-17)16(20)19-18-15/h3-6,9,11H,7,10H2,1-2H3,(H,19,20). The summed E-state index contributed by atoms with van der Waals surface area (Å²) in [5, 5.41) is 15.1. The van der Waals surface area contributed by atoms with Crippen LogP contribution in [0.1, 0.15) is 19.4 Å². The minimum atomic E-state index is -0.322. The van der Waals surface area contributed by atoms with E-state index in [9.17, 15) is 4.79 Å². The van der Waals surface area contributed by atoms with Crippen molar-refractivity contribution in [1.82, 2.24) is 10.2 Å². The summed E-state index contributed by atoms with van der Waals surface area (Å²) >= 11 is 0. The van der Waals surface area contributed by atoms with Gasteiger partial charge in [-0.25, -0.2) is 5.10 Å². The van der Waals surface area contributed by atoms with E-state index in [2.05, 4.69) is 24.0 Å². The average molecular weight is 283 g/mol. The van der Waals surface area contributed by atoms with E-state index < -0.39 is 0 Å². The van der Waals surface area contributed by atoms with Gasteiger partial charge in [-0.15, -0.1) is 0 Å². The van der Waals surface area contributed by atoms with Crippen molar-refractivity contribution in [2.75, 3.05) is 6.61 Å². The number of H-pyrrole nitrogens is 1. The fraction of sp³-hybridized carbons (Fsp3) is 0.312. The van der Waals surface area contributed by atoms with E-state index in [-0.39, 0.29) is 12.0 Å². The van der Waals surface area contributed by atoms with Gasteiger partial charge in [0, 0.05) is 11.1 Å². The molecule has 1 aromatic heterocycles. The van der Waals surface area contributed by atoms with Crippen molar-refractivity contribution in [1.29, 1.82) is 5.26 Å². The molecule has 0 radical (unpaired) electrons. The normalized spacial score (nSPS) is 10.4. The minimum Gasteiger partial charge on any atom is -0.493 e. The van der Waals surface area contributed by atoms with Crippen molar-refractivity contribution in [2.24, 2.45) is 5.92 Å². The van der Waals surface area contributed by atoms with Crippen LogP contribution in [0.5, 0.6) is 5.75 Å². The first-order valence-corrected chi connectivity index (χ1v) is 6.79. The lowest BCUT2D eigenvalue weighted by Gasteiger charge is -2.09. The van der Waals surface area contributed by atoms with Gasteiger partial charge in [-0.1, -0.05) is 13.8 Å². The van der Waals surface area contributed by atoms with E-state index in [4.69, 9.17) is 10.00 Å². The number of nitriles is 1. The molecule has 2 rings (SSSR count). The van der Waals surface area contributed by atoms with Crippen LogP contribution in [0.15, 0.2) is 35.1 Å². The van der Waals surface area contributed by atoms with Crippen molar-refractivity contribution in [3.05, 3.63) is 46.2 Å². The molecule has 108 valence electrons. The van der Waals surface area contributed by atoms with E-state index in [1.54, 1.807) is 6.07 Å². The Morgan fingerprint density at radius 2 is 2.05 bits per heavy atom. The third-order valence-corrected chi connectivity index (χ3v) is 2.88. The van der Waals surface area contributed by atoms with Crippen molar-refractivity contribution < 1.29 is 4.74 Å². The predicted molar refractivity (Wildman–Crippen MR) is 79.9 cm³/mol. The van der Waals surface area contributed by atoms with Gasteiger partial charge in [0.25, 0.3) is 5.56 Å². The van der Waals surface area contributed by atoms with E-state index in [0.717, 1.165) is 11.3 Å². The Hall–Kier alpha value is -2.61. The molecule has 0 saturated carbocycles. The summed E-state index contributed by atoms with van der Waals surface area (Å²) in [7, 11) is 0. The molecule has 0 aliphatic carbocycles. The molecule has 1 aromatic carbocycles. The highest BCUT2D eigenvalue weighted by Gasteiger charge is 2.06. The molecule has 5 heteroatoms. The zero-order chi connectivity index (χ0) is 15.2. The highest BCUT2D eigenvalue weighted by Crippen LogP contribution is 2.20. The zero-order valence-corrected chi connectivity index (χ0v) is 12.1. The first-order chi connectivity index (χ1) is 10.1. The Labute approximate surface area is 123 Å². The average Bonchev–Trinajstić information content (AvgIpc) is 2.48. The van der Waals surface area contributed by atoms with Gasteiger partial charge in [-0.05, 0) is 36.2 Å². The molecule has 1 N–H and O–H groups in total. The van der Waals surface area contributed by atoms with Crippen molar-refractivity contribution >= 4 is 0 Å². The second kappa shape index (κ2) is 6.71. The summed E-state index contributed by atoms with van der Waals surface area (Å²) in [5.41, 5.74) is 1.59. The lowest BCUT2D eigenvalue weighted by molar-refractivity contribution is 0.271. The van der Waals surface area contributed by atoms with Gasteiger partial charge in [0.1, 0.15) is 5.75 Å². The number of rotatable bonds is 5. The maximum absolute atomic E-state index is 11.5. The maximum Gasteiger partial charge on any atom is 0.268 e. The molecular weight excluding hydrogens is 266 g/mol. The molecule has 0 unspecified atom stereocenters.